The summed E-state index contributed by atoms with van der Waals surface area (Å²) in [5, 5.41) is 7.88. The van der Waals surface area contributed by atoms with E-state index < -0.39 is 0 Å². The zero-order valence-electron chi connectivity index (χ0n) is 26.1. The van der Waals surface area contributed by atoms with E-state index in [1.165, 1.54) is 71.4 Å². The van der Waals surface area contributed by atoms with Crippen LogP contribution in [-0.2, 0) is 6.42 Å². The van der Waals surface area contributed by atoms with Crippen molar-refractivity contribution >= 4 is 55.5 Å². The Morgan fingerprint density at radius 2 is 0.894 bits per heavy atom. The zero-order valence-corrected chi connectivity index (χ0v) is 26.1. The van der Waals surface area contributed by atoms with E-state index in [2.05, 4.69) is 181 Å². The Bertz CT molecular complexity index is 2340. The first kappa shape index (κ1) is 27.4. The third-order valence-electron chi connectivity index (χ3n) is 9.71. The smallest absolute Gasteiger partial charge is 0.0546 e. The van der Waals surface area contributed by atoms with Crippen molar-refractivity contribution in [3.05, 3.63) is 181 Å². The maximum atomic E-state index is 2.44. The summed E-state index contributed by atoms with van der Waals surface area (Å²) in [4.78, 5) is 2.44. The van der Waals surface area contributed by atoms with Gasteiger partial charge < -0.3 is 4.90 Å². The molecule has 0 aliphatic heterocycles. The predicted octanol–water partition coefficient (Wildman–Crippen LogP) is 12.9. The monoisotopic (exact) mass is 599 g/mol. The molecule has 0 aromatic heterocycles. The lowest BCUT2D eigenvalue weighted by Gasteiger charge is -2.29. The Morgan fingerprint density at radius 1 is 0.404 bits per heavy atom. The number of aryl methyl sites for hydroxylation is 1. The summed E-state index contributed by atoms with van der Waals surface area (Å²) in [7, 11) is 0. The van der Waals surface area contributed by atoms with Crippen LogP contribution in [0.1, 0.15) is 17.5 Å². The van der Waals surface area contributed by atoms with Gasteiger partial charge in [-0.25, -0.2) is 0 Å². The van der Waals surface area contributed by atoms with Gasteiger partial charge >= 0.3 is 0 Å². The van der Waals surface area contributed by atoms with Gasteiger partial charge in [0, 0.05) is 16.8 Å². The normalized spacial score (nSPS) is 12.4. The minimum atomic E-state index is 1.08. The Kier molecular flexibility index (Phi) is 6.68. The maximum Gasteiger partial charge on any atom is 0.0546 e. The van der Waals surface area contributed by atoms with Crippen molar-refractivity contribution in [1.82, 2.24) is 0 Å². The summed E-state index contributed by atoms with van der Waals surface area (Å²) >= 11 is 0. The van der Waals surface area contributed by atoms with Gasteiger partial charge in [0.15, 0.2) is 0 Å². The molecule has 8 aromatic rings. The topological polar surface area (TPSA) is 3.24 Å². The standard InChI is InChI=1S/C46H33N/c1-3-13-32(14-4-1)34-23-27-36(28-24-34)47(37-29-25-35(26-30-37)33-15-5-2-6-16-33)45-31-44-40-19-8-7-17-38(40)39-18-9-11-21-42(39)46(44)43-22-12-10-20-41(43)45/h1-8,10-17,19-31H,9,18H2. The summed E-state index contributed by atoms with van der Waals surface area (Å²) < 4.78 is 0. The van der Waals surface area contributed by atoms with Crippen molar-refractivity contribution in [1.29, 1.82) is 0 Å². The molecule has 1 nitrogen and oxygen atoms in total. The van der Waals surface area contributed by atoms with E-state index in [9.17, 15) is 0 Å². The van der Waals surface area contributed by atoms with Crippen LogP contribution in [0.15, 0.2) is 170 Å². The van der Waals surface area contributed by atoms with E-state index in [0.29, 0.717) is 0 Å². The molecule has 0 spiro atoms. The van der Waals surface area contributed by atoms with Crippen molar-refractivity contribution < 1.29 is 0 Å². The number of hydrogen-bond donors (Lipinski definition) is 0. The van der Waals surface area contributed by atoms with Gasteiger partial charge in [-0.05, 0) is 103 Å². The quantitative estimate of drug-likeness (QED) is 0.178. The molecule has 0 bridgehead atoms. The molecule has 222 valence electrons. The van der Waals surface area contributed by atoms with Crippen molar-refractivity contribution in [2.75, 3.05) is 4.90 Å². The lowest BCUT2D eigenvalue weighted by Crippen LogP contribution is -2.11. The zero-order chi connectivity index (χ0) is 31.2. The van der Waals surface area contributed by atoms with Gasteiger partial charge in [-0.1, -0.05) is 146 Å². The van der Waals surface area contributed by atoms with E-state index in [1.54, 1.807) is 0 Å². The molecular weight excluding hydrogens is 567 g/mol. The molecule has 0 heterocycles. The van der Waals surface area contributed by atoms with Crippen LogP contribution in [0.25, 0.3) is 60.6 Å². The average molecular weight is 600 g/mol. The fraction of sp³-hybridized carbons (Fsp3) is 0.0435. The molecule has 0 N–H and O–H groups in total. The predicted molar refractivity (Wildman–Crippen MR) is 202 cm³/mol. The minimum Gasteiger partial charge on any atom is -0.310 e. The first-order valence-corrected chi connectivity index (χ1v) is 16.5. The summed E-state index contributed by atoms with van der Waals surface area (Å²) in [6, 6.07) is 59.7. The molecule has 9 rings (SSSR count). The first-order chi connectivity index (χ1) is 23.3. The van der Waals surface area contributed by atoms with Gasteiger partial charge in [-0.15, -0.1) is 0 Å². The van der Waals surface area contributed by atoms with E-state index in [0.717, 1.165) is 24.2 Å². The molecule has 0 unspecified atom stereocenters. The van der Waals surface area contributed by atoms with Gasteiger partial charge in [0.25, 0.3) is 0 Å². The second-order valence-corrected chi connectivity index (χ2v) is 12.4. The summed E-state index contributed by atoms with van der Waals surface area (Å²) in [5.74, 6) is 0. The third kappa shape index (κ3) is 4.71. The SMILES string of the molecule is C1=Cc2c(c3ccccc3c3cc(N(c4ccc(-c5ccccc5)cc4)c4ccc(-c5ccccc5)cc4)c4ccccc4c23)CC1. The molecule has 0 amide bonds. The Balaban J connectivity index is 1.31. The van der Waals surface area contributed by atoms with Gasteiger partial charge in [0.05, 0.1) is 5.69 Å². The fourth-order valence-corrected chi connectivity index (χ4v) is 7.50. The summed E-state index contributed by atoms with van der Waals surface area (Å²) in [5.41, 5.74) is 11.1. The van der Waals surface area contributed by atoms with Gasteiger partial charge in [-0.3, -0.25) is 0 Å². The highest BCUT2D eigenvalue weighted by atomic mass is 15.1. The van der Waals surface area contributed by atoms with Crippen LogP contribution in [0.3, 0.4) is 0 Å². The third-order valence-corrected chi connectivity index (χ3v) is 9.71. The molecule has 1 heteroatoms. The van der Waals surface area contributed by atoms with Gasteiger partial charge in [-0.2, -0.15) is 0 Å². The van der Waals surface area contributed by atoms with E-state index in [4.69, 9.17) is 0 Å². The highest BCUT2D eigenvalue weighted by Crippen LogP contribution is 2.47. The average Bonchev–Trinajstić information content (AvgIpc) is 3.16. The number of hydrogen-bond acceptors (Lipinski definition) is 1. The second kappa shape index (κ2) is 11.5. The Morgan fingerprint density at radius 3 is 1.49 bits per heavy atom. The van der Waals surface area contributed by atoms with E-state index in [-0.39, 0.29) is 0 Å². The van der Waals surface area contributed by atoms with Crippen LogP contribution < -0.4 is 4.90 Å². The molecule has 1 aliphatic carbocycles. The lowest BCUT2D eigenvalue weighted by atomic mass is 9.84. The fourth-order valence-electron chi connectivity index (χ4n) is 7.50. The Labute approximate surface area is 275 Å². The van der Waals surface area contributed by atoms with Crippen LogP contribution >= 0.6 is 0 Å². The second-order valence-electron chi connectivity index (χ2n) is 12.4. The van der Waals surface area contributed by atoms with Crippen LogP contribution in [-0.4, -0.2) is 0 Å². The van der Waals surface area contributed by atoms with Crippen molar-refractivity contribution in [3.63, 3.8) is 0 Å². The van der Waals surface area contributed by atoms with Crippen molar-refractivity contribution in [2.45, 2.75) is 12.8 Å². The van der Waals surface area contributed by atoms with E-state index >= 15 is 0 Å². The van der Waals surface area contributed by atoms with Gasteiger partial charge in [0.1, 0.15) is 0 Å². The molecule has 0 radical (unpaired) electrons. The molecule has 47 heavy (non-hydrogen) atoms. The number of rotatable bonds is 5. The first-order valence-electron chi connectivity index (χ1n) is 16.5. The number of allylic oxidation sites excluding steroid dienone is 1. The summed E-state index contributed by atoms with van der Waals surface area (Å²) in [6.07, 6.45) is 6.87. The van der Waals surface area contributed by atoms with Crippen molar-refractivity contribution in [2.24, 2.45) is 0 Å². The molecule has 0 saturated heterocycles. The minimum absolute atomic E-state index is 1.08. The molecule has 0 fully saturated rings. The van der Waals surface area contributed by atoms with Crippen LogP contribution in [0.4, 0.5) is 17.1 Å². The molecule has 8 aromatic carbocycles. The number of anilines is 3. The molecule has 0 saturated carbocycles. The molecular formula is C46H33N. The van der Waals surface area contributed by atoms with Gasteiger partial charge in [0.2, 0.25) is 0 Å². The van der Waals surface area contributed by atoms with E-state index in [1.807, 2.05) is 0 Å². The number of benzene rings is 8. The number of nitrogens with zero attached hydrogens (tertiary/aromatic N) is 1. The highest BCUT2D eigenvalue weighted by molar-refractivity contribution is 6.25. The highest BCUT2D eigenvalue weighted by Gasteiger charge is 2.22. The number of fused-ring (bicyclic) bond motifs is 8. The Hall–Kier alpha value is -5.92. The molecule has 0 atom stereocenters. The van der Waals surface area contributed by atoms with Crippen molar-refractivity contribution in [3.8, 4) is 22.3 Å². The van der Waals surface area contributed by atoms with Crippen LogP contribution in [0.5, 0.6) is 0 Å². The van der Waals surface area contributed by atoms with Crippen LogP contribution in [0, 0.1) is 0 Å². The lowest BCUT2D eigenvalue weighted by molar-refractivity contribution is 1.00. The van der Waals surface area contributed by atoms with Crippen LogP contribution in [0.2, 0.25) is 0 Å². The molecule has 1 aliphatic rings. The maximum absolute atomic E-state index is 2.44. The summed E-state index contributed by atoms with van der Waals surface area (Å²) in [6.45, 7) is 0. The largest absolute Gasteiger partial charge is 0.310 e.